The number of halogens is 1. The average molecular weight is 353 g/mol. The van der Waals surface area contributed by atoms with Crippen molar-refractivity contribution in [2.75, 3.05) is 5.75 Å². The first-order valence-corrected chi connectivity index (χ1v) is 9.06. The number of ether oxygens (including phenoxy) is 1. The minimum absolute atomic E-state index is 0.250. The Morgan fingerprint density at radius 3 is 2.33 bits per heavy atom. The summed E-state index contributed by atoms with van der Waals surface area (Å²) in [6.07, 6.45) is 0. The van der Waals surface area contributed by atoms with Crippen LogP contribution in [0, 0.1) is 0 Å². The van der Waals surface area contributed by atoms with Crippen LogP contribution in [-0.2, 0) is 19.4 Å². The molecule has 1 aromatic heterocycles. The summed E-state index contributed by atoms with van der Waals surface area (Å²) in [6.45, 7) is 6.18. The van der Waals surface area contributed by atoms with Gasteiger partial charge in [0, 0.05) is 0 Å². The summed E-state index contributed by atoms with van der Waals surface area (Å²) in [6, 6.07) is 2.99. The fourth-order valence-electron chi connectivity index (χ4n) is 1.47. The molecule has 5 nitrogen and oxygen atoms in total. The highest BCUT2D eigenvalue weighted by atomic mass is 35.5. The minimum Gasteiger partial charge on any atom is -0.459 e. The molecule has 0 saturated heterocycles. The fourth-order valence-corrected chi connectivity index (χ4v) is 3.71. The van der Waals surface area contributed by atoms with Crippen molar-refractivity contribution in [2.45, 2.75) is 38.5 Å². The number of sulfone groups is 1. The van der Waals surface area contributed by atoms with Crippen LogP contribution in [-0.4, -0.2) is 36.8 Å². The number of rotatable bonds is 5. The van der Waals surface area contributed by atoms with Gasteiger partial charge in [0.15, 0.2) is 15.6 Å². The molecule has 0 fully saturated rings. The Kier molecular flexibility index (Phi) is 5.57. The molecule has 0 aromatic carbocycles. The van der Waals surface area contributed by atoms with Crippen LogP contribution >= 0.6 is 22.9 Å². The second kappa shape index (κ2) is 6.46. The van der Waals surface area contributed by atoms with Gasteiger partial charge in [-0.1, -0.05) is 11.6 Å². The summed E-state index contributed by atoms with van der Waals surface area (Å²) in [5.41, 5.74) is -0.777. The maximum atomic E-state index is 12.1. The fraction of sp³-hybridized carbons (Fsp3) is 0.538. The highest BCUT2D eigenvalue weighted by molar-refractivity contribution is 7.93. The lowest BCUT2D eigenvalue weighted by Crippen LogP contribution is -2.35. The second-order valence-electron chi connectivity index (χ2n) is 5.50. The summed E-state index contributed by atoms with van der Waals surface area (Å²) in [4.78, 5) is 24.0. The van der Waals surface area contributed by atoms with Gasteiger partial charge in [-0.3, -0.25) is 9.59 Å². The van der Waals surface area contributed by atoms with E-state index in [0.29, 0.717) is 4.34 Å². The molecule has 0 aliphatic carbocycles. The quantitative estimate of drug-likeness (QED) is 0.601. The van der Waals surface area contributed by atoms with Crippen molar-refractivity contribution in [3.8, 4) is 0 Å². The number of ketones is 1. The predicted molar refractivity (Wildman–Crippen MR) is 82.8 cm³/mol. The maximum absolute atomic E-state index is 12.1. The predicted octanol–water partition coefficient (Wildman–Crippen LogP) is 2.73. The number of hydrogen-bond acceptors (Lipinski definition) is 6. The third-order valence-electron chi connectivity index (χ3n) is 2.46. The van der Waals surface area contributed by atoms with Crippen LogP contribution in [0.25, 0.3) is 0 Å². The van der Waals surface area contributed by atoms with Crippen molar-refractivity contribution in [1.29, 1.82) is 0 Å². The molecule has 0 bridgehead atoms. The number of thiophene rings is 1. The highest BCUT2D eigenvalue weighted by Gasteiger charge is 2.33. The third kappa shape index (κ3) is 5.41. The Labute approximate surface area is 133 Å². The molecule has 0 saturated carbocycles. The van der Waals surface area contributed by atoms with E-state index in [2.05, 4.69) is 0 Å². The molecule has 0 aliphatic rings. The van der Waals surface area contributed by atoms with Gasteiger partial charge in [0.1, 0.15) is 16.6 Å². The van der Waals surface area contributed by atoms with Crippen LogP contribution in [0.3, 0.4) is 0 Å². The average Bonchev–Trinajstić information content (AvgIpc) is 2.70. The smallest absolute Gasteiger partial charge is 0.321 e. The van der Waals surface area contributed by atoms with Gasteiger partial charge in [-0.2, -0.15) is 0 Å². The van der Waals surface area contributed by atoms with Crippen LogP contribution < -0.4 is 0 Å². The molecule has 1 atom stereocenters. The zero-order valence-electron chi connectivity index (χ0n) is 12.2. The van der Waals surface area contributed by atoms with Gasteiger partial charge in [-0.15, -0.1) is 11.3 Å². The highest BCUT2D eigenvalue weighted by Crippen LogP contribution is 2.24. The normalized spacial score (nSPS) is 13.8. The van der Waals surface area contributed by atoms with Gasteiger partial charge < -0.3 is 4.74 Å². The van der Waals surface area contributed by atoms with Crippen LogP contribution in [0.1, 0.15) is 37.4 Å². The number of carbonyl (C=O) groups is 2. The first kappa shape index (κ1) is 18.1. The molecule has 1 heterocycles. The van der Waals surface area contributed by atoms with E-state index in [0.717, 1.165) is 11.3 Å². The van der Waals surface area contributed by atoms with E-state index in [9.17, 15) is 18.0 Å². The van der Waals surface area contributed by atoms with Gasteiger partial charge in [0.2, 0.25) is 0 Å². The van der Waals surface area contributed by atoms with Crippen molar-refractivity contribution in [3.05, 3.63) is 21.3 Å². The van der Waals surface area contributed by atoms with Gasteiger partial charge >= 0.3 is 5.97 Å². The Morgan fingerprint density at radius 2 is 1.90 bits per heavy atom. The second-order valence-corrected chi connectivity index (χ2v) is 9.54. The zero-order chi connectivity index (χ0) is 16.4. The van der Waals surface area contributed by atoms with E-state index in [1.54, 1.807) is 20.8 Å². The van der Waals surface area contributed by atoms with Gasteiger partial charge in [0.25, 0.3) is 0 Å². The van der Waals surface area contributed by atoms with E-state index < -0.39 is 38.2 Å². The monoisotopic (exact) mass is 352 g/mol. The summed E-state index contributed by atoms with van der Waals surface area (Å²) < 4.78 is 29.6. The Morgan fingerprint density at radius 1 is 1.33 bits per heavy atom. The Bertz CT molecular complexity index is 640. The molecule has 0 spiro atoms. The topological polar surface area (TPSA) is 77.5 Å². The zero-order valence-corrected chi connectivity index (χ0v) is 14.6. The number of Topliss-reactive ketones (excluding diaryl/α,β-unsaturated/α-hetero) is 1. The molecule has 0 radical (unpaired) electrons. The summed E-state index contributed by atoms with van der Waals surface area (Å²) in [5.74, 6) is -2.27. The molecule has 0 amide bonds. The minimum atomic E-state index is -3.93. The van der Waals surface area contributed by atoms with Crippen LogP contribution in [0.2, 0.25) is 4.34 Å². The molecular formula is C13H17ClO5S2. The molecule has 1 aromatic rings. The maximum Gasteiger partial charge on any atom is 0.321 e. The molecule has 0 N–H and O–H groups in total. The SMILES string of the molecule is CC(C(=O)c1ccc(Cl)s1)S(=O)(=O)CC(=O)OC(C)(C)C. The molecule has 8 heteroatoms. The van der Waals surface area contributed by atoms with Crippen LogP contribution in [0.4, 0.5) is 0 Å². The van der Waals surface area contributed by atoms with Crippen molar-refractivity contribution in [3.63, 3.8) is 0 Å². The van der Waals surface area contributed by atoms with E-state index in [1.807, 2.05) is 0 Å². The lowest BCUT2D eigenvalue weighted by atomic mass is 10.2. The first-order chi connectivity index (χ1) is 9.42. The van der Waals surface area contributed by atoms with E-state index in [4.69, 9.17) is 16.3 Å². The van der Waals surface area contributed by atoms with Gasteiger partial charge in [-0.05, 0) is 39.8 Å². The van der Waals surface area contributed by atoms with E-state index in [-0.39, 0.29) is 4.88 Å². The van der Waals surface area contributed by atoms with Crippen LogP contribution in [0.5, 0.6) is 0 Å². The van der Waals surface area contributed by atoms with E-state index >= 15 is 0 Å². The summed E-state index contributed by atoms with van der Waals surface area (Å²) in [7, 11) is -3.93. The molecule has 21 heavy (non-hydrogen) atoms. The third-order valence-corrected chi connectivity index (χ3v) is 5.64. The molecule has 1 rings (SSSR count). The standard InChI is InChI=1S/C13H17ClO5S2/c1-8(12(16)9-5-6-10(14)20-9)21(17,18)7-11(15)19-13(2,3)4/h5-6,8H,7H2,1-4H3. The van der Waals surface area contributed by atoms with Crippen molar-refractivity contribution in [1.82, 2.24) is 0 Å². The Balaban J connectivity index is 2.82. The molecule has 1 unspecified atom stereocenters. The number of carbonyl (C=O) groups excluding carboxylic acids is 2. The lowest BCUT2D eigenvalue weighted by molar-refractivity contribution is -0.151. The summed E-state index contributed by atoms with van der Waals surface area (Å²) >= 11 is 6.73. The van der Waals surface area contributed by atoms with Crippen molar-refractivity contribution < 1.29 is 22.7 Å². The van der Waals surface area contributed by atoms with Gasteiger partial charge in [-0.25, -0.2) is 8.42 Å². The Hall–Kier alpha value is -0.920. The van der Waals surface area contributed by atoms with Gasteiger partial charge in [0.05, 0.1) is 9.21 Å². The van der Waals surface area contributed by atoms with E-state index in [1.165, 1.54) is 19.1 Å². The lowest BCUT2D eigenvalue weighted by Gasteiger charge is -2.20. The van der Waals surface area contributed by atoms with Crippen molar-refractivity contribution >= 4 is 44.5 Å². The summed E-state index contributed by atoms with van der Waals surface area (Å²) in [5, 5.41) is -1.32. The molecule has 0 aliphatic heterocycles. The molecular weight excluding hydrogens is 336 g/mol. The number of hydrogen-bond donors (Lipinski definition) is 0. The number of esters is 1. The van der Waals surface area contributed by atoms with Crippen molar-refractivity contribution in [2.24, 2.45) is 0 Å². The largest absolute Gasteiger partial charge is 0.459 e. The van der Waals surface area contributed by atoms with Crippen LogP contribution in [0.15, 0.2) is 12.1 Å². The first-order valence-electron chi connectivity index (χ1n) is 6.15. The molecule has 118 valence electrons.